The Balaban J connectivity index is 0.000000201. The maximum Gasteiger partial charge on any atom is 0.647 e. The molecule has 0 atom stereocenters. The van der Waals surface area contributed by atoms with Crippen molar-refractivity contribution in [2.24, 2.45) is 0 Å². The fourth-order valence-electron chi connectivity index (χ4n) is 4.63. The molecule has 0 aromatic heterocycles. The first kappa shape index (κ1) is 37.8. The van der Waals surface area contributed by atoms with Crippen molar-refractivity contribution < 1.29 is 36.3 Å². The van der Waals surface area contributed by atoms with Gasteiger partial charge in [-0.2, -0.15) is 9.13 Å². The maximum absolute atomic E-state index is 13.5. The van der Waals surface area contributed by atoms with Crippen LogP contribution in [0.15, 0.2) is 146 Å². The SMILES string of the molecule is Cc1ccc(OP(=O)(Oc2ccc(C)cc2)Oc2ccc(C)cc2)cc1.Cc1ccccc1OP(=O)(Oc1ccccc1C)Oc1ccccc1C. The first-order valence-electron chi connectivity index (χ1n) is 16.6. The van der Waals surface area contributed by atoms with Crippen molar-refractivity contribution in [3.8, 4) is 34.5 Å². The lowest BCUT2D eigenvalue weighted by molar-refractivity contribution is 0.295. The number of hydrogen-bond acceptors (Lipinski definition) is 8. The Kier molecular flexibility index (Phi) is 12.5. The molecule has 6 aromatic rings. The van der Waals surface area contributed by atoms with Crippen molar-refractivity contribution in [3.63, 3.8) is 0 Å². The van der Waals surface area contributed by atoms with E-state index in [2.05, 4.69) is 0 Å². The minimum atomic E-state index is -3.97. The fraction of sp³-hybridized carbons (Fsp3) is 0.143. The molecule has 52 heavy (non-hydrogen) atoms. The van der Waals surface area contributed by atoms with E-state index in [1.807, 2.05) is 133 Å². The van der Waals surface area contributed by atoms with Crippen LogP contribution in [0.2, 0.25) is 0 Å². The summed E-state index contributed by atoms with van der Waals surface area (Å²) < 4.78 is 61.0. The molecule has 0 saturated heterocycles. The third kappa shape index (κ3) is 11.0. The molecule has 0 aliphatic carbocycles. The highest BCUT2D eigenvalue weighted by Gasteiger charge is 2.35. The largest absolute Gasteiger partial charge is 0.647 e. The van der Waals surface area contributed by atoms with Gasteiger partial charge in [0.05, 0.1) is 0 Å². The van der Waals surface area contributed by atoms with Crippen LogP contribution in [0.1, 0.15) is 33.4 Å². The van der Waals surface area contributed by atoms with Crippen LogP contribution in [0.3, 0.4) is 0 Å². The molecule has 0 N–H and O–H groups in total. The van der Waals surface area contributed by atoms with Gasteiger partial charge in [-0.1, -0.05) is 108 Å². The summed E-state index contributed by atoms with van der Waals surface area (Å²) >= 11 is 0. The first-order chi connectivity index (χ1) is 24.9. The zero-order valence-electron chi connectivity index (χ0n) is 30.0. The molecule has 0 aliphatic rings. The highest BCUT2D eigenvalue weighted by molar-refractivity contribution is 7.50. The zero-order chi connectivity index (χ0) is 37.1. The summed E-state index contributed by atoms with van der Waals surface area (Å²) in [5.41, 5.74) is 5.75. The first-order valence-corrected chi connectivity index (χ1v) is 19.6. The number of phosphoric ester groups is 2. The van der Waals surface area contributed by atoms with Crippen molar-refractivity contribution in [2.45, 2.75) is 41.5 Å². The monoisotopic (exact) mass is 736 g/mol. The molecule has 6 aromatic carbocycles. The van der Waals surface area contributed by atoms with E-state index >= 15 is 0 Å². The molecule has 0 amide bonds. The summed E-state index contributed by atoms with van der Waals surface area (Å²) in [5, 5.41) is 0. The number of hydrogen-bond donors (Lipinski definition) is 0. The lowest BCUT2D eigenvalue weighted by Gasteiger charge is -2.21. The lowest BCUT2D eigenvalue weighted by Crippen LogP contribution is -2.09. The minimum Gasteiger partial charge on any atom is -0.386 e. The second kappa shape index (κ2) is 17.2. The molecule has 0 radical (unpaired) electrons. The Morgan fingerprint density at radius 2 is 0.538 bits per heavy atom. The summed E-state index contributed by atoms with van der Waals surface area (Å²) in [6.07, 6.45) is 0. The Morgan fingerprint density at radius 1 is 0.308 bits per heavy atom. The second-order valence-electron chi connectivity index (χ2n) is 12.2. The van der Waals surface area contributed by atoms with Crippen LogP contribution >= 0.6 is 15.6 Å². The molecule has 0 heterocycles. The van der Waals surface area contributed by atoms with Crippen LogP contribution in [0, 0.1) is 41.5 Å². The fourth-order valence-corrected chi connectivity index (χ4v) is 7.33. The van der Waals surface area contributed by atoms with Gasteiger partial charge >= 0.3 is 15.6 Å². The van der Waals surface area contributed by atoms with E-state index < -0.39 is 15.6 Å². The summed E-state index contributed by atoms with van der Waals surface area (Å²) in [4.78, 5) is 0. The van der Waals surface area contributed by atoms with Gasteiger partial charge in [-0.05, 0) is 113 Å². The van der Waals surface area contributed by atoms with Crippen LogP contribution in [0.4, 0.5) is 0 Å². The number of benzene rings is 6. The summed E-state index contributed by atoms with van der Waals surface area (Å²) in [6, 6.07) is 43.6. The normalized spacial score (nSPS) is 11.0. The minimum absolute atomic E-state index is 0.415. The summed E-state index contributed by atoms with van der Waals surface area (Å²) in [7, 11) is -7.90. The van der Waals surface area contributed by atoms with Gasteiger partial charge in [-0.3, -0.25) is 0 Å². The van der Waals surface area contributed by atoms with E-state index in [0.29, 0.717) is 34.5 Å². The molecule has 0 fully saturated rings. The van der Waals surface area contributed by atoms with Crippen LogP contribution in [0.25, 0.3) is 0 Å². The van der Waals surface area contributed by atoms with Gasteiger partial charge in [0.2, 0.25) is 0 Å². The molecular formula is C42H42O8P2. The average Bonchev–Trinajstić information content (AvgIpc) is 3.11. The summed E-state index contributed by atoms with van der Waals surface area (Å²) in [6.45, 7) is 11.5. The van der Waals surface area contributed by atoms with Crippen LogP contribution in [-0.2, 0) is 9.13 Å². The van der Waals surface area contributed by atoms with Crippen molar-refractivity contribution in [3.05, 3.63) is 179 Å². The van der Waals surface area contributed by atoms with Gasteiger partial charge in [0.15, 0.2) is 0 Å². The molecule has 8 nitrogen and oxygen atoms in total. The van der Waals surface area contributed by atoms with Crippen molar-refractivity contribution >= 4 is 15.6 Å². The van der Waals surface area contributed by atoms with Crippen molar-refractivity contribution in [1.82, 2.24) is 0 Å². The quantitative estimate of drug-likeness (QED) is 0.115. The highest BCUT2D eigenvalue weighted by atomic mass is 31.2. The van der Waals surface area contributed by atoms with Gasteiger partial charge in [0.25, 0.3) is 0 Å². The van der Waals surface area contributed by atoms with E-state index in [1.54, 1.807) is 54.6 Å². The average molecular weight is 737 g/mol. The Labute approximate surface area is 306 Å². The Hall–Kier alpha value is -5.42. The molecule has 0 bridgehead atoms. The Morgan fingerprint density at radius 3 is 0.788 bits per heavy atom. The van der Waals surface area contributed by atoms with E-state index in [9.17, 15) is 9.13 Å². The molecule has 6 rings (SSSR count). The lowest BCUT2D eigenvalue weighted by atomic mass is 10.2. The number of phosphoric acid groups is 2. The Bertz CT molecular complexity index is 1920. The van der Waals surface area contributed by atoms with E-state index in [0.717, 1.165) is 33.4 Å². The number of aryl methyl sites for hydroxylation is 6. The standard InChI is InChI=1S/2C21H21O4P/c1-16-4-10-19(11-5-16)23-26(22,24-20-12-6-17(2)7-13-20)25-21-14-8-18(3)9-15-21;1-16-10-4-7-13-19(16)23-26(22,24-20-14-8-5-11-17(20)2)25-21-15-9-6-12-18(21)3/h2*4-15H,1-3H3. The molecule has 0 saturated carbocycles. The van der Waals surface area contributed by atoms with Crippen LogP contribution in [0.5, 0.6) is 34.5 Å². The second-order valence-corrected chi connectivity index (χ2v) is 15.1. The van der Waals surface area contributed by atoms with Gasteiger partial charge in [0.1, 0.15) is 34.5 Å². The van der Waals surface area contributed by atoms with Crippen LogP contribution in [-0.4, -0.2) is 0 Å². The third-order valence-electron chi connectivity index (χ3n) is 7.63. The predicted octanol–water partition coefficient (Wildman–Crippen LogP) is 12.5. The zero-order valence-corrected chi connectivity index (χ0v) is 31.8. The van der Waals surface area contributed by atoms with Gasteiger partial charge in [0, 0.05) is 0 Å². The maximum atomic E-state index is 13.5. The van der Waals surface area contributed by atoms with Crippen molar-refractivity contribution in [2.75, 3.05) is 0 Å². The molecule has 10 heteroatoms. The molecule has 0 unspecified atom stereocenters. The third-order valence-corrected chi connectivity index (χ3v) is 10.2. The molecule has 0 aliphatic heterocycles. The number of rotatable bonds is 12. The van der Waals surface area contributed by atoms with Crippen LogP contribution < -0.4 is 27.1 Å². The molecule has 268 valence electrons. The van der Waals surface area contributed by atoms with E-state index in [-0.39, 0.29) is 0 Å². The smallest absolute Gasteiger partial charge is 0.386 e. The van der Waals surface area contributed by atoms with E-state index in [4.69, 9.17) is 27.1 Å². The number of para-hydroxylation sites is 3. The molecular weight excluding hydrogens is 694 g/mol. The van der Waals surface area contributed by atoms with Crippen molar-refractivity contribution in [1.29, 1.82) is 0 Å². The van der Waals surface area contributed by atoms with Gasteiger partial charge < -0.3 is 27.1 Å². The van der Waals surface area contributed by atoms with Gasteiger partial charge in [-0.15, -0.1) is 0 Å². The van der Waals surface area contributed by atoms with E-state index in [1.165, 1.54) is 0 Å². The topological polar surface area (TPSA) is 89.5 Å². The molecule has 0 spiro atoms. The van der Waals surface area contributed by atoms with Gasteiger partial charge in [-0.25, -0.2) is 0 Å². The predicted molar refractivity (Wildman–Crippen MR) is 206 cm³/mol. The summed E-state index contributed by atoms with van der Waals surface area (Å²) in [5.74, 6) is 2.61. The highest BCUT2D eigenvalue weighted by Crippen LogP contribution is 2.52.